The van der Waals surface area contributed by atoms with Crippen LogP contribution in [0.15, 0.2) is 78.9 Å². The molecule has 31 heavy (non-hydrogen) atoms. The Hall–Kier alpha value is -3.09. The van der Waals surface area contributed by atoms with Gasteiger partial charge in [-0.1, -0.05) is 66.7 Å². The average Bonchev–Trinajstić information content (AvgIpc) is 2.85. The molecule has 1 aliphatic carbocycles. The summed E-state index contributed by atoms with van der Waals surface area (Å²) in [4.78, 5) is 0. The Labute approximate surface area is 185 Å². The van der Waals surface area contributed by atoms with Crippen LogP contribution in [0, 0.1) is 11.3 Å². The van der Waals surface area contributed by atoms with Gasteiger partial charge in [-0.3, -0.25) is 0 Å². The van der Waals surface area contributed by atoms with Gasteiger partial charge in [0.25, 0.3) is 0 Å². The van der Waals surface area contributed by atoms with Crippen LogP contribution in [0.1, 0.15) is 49.8 Å². The maximum Gasteiger partial charge on any atom is 0.119 e. The predicted octanol–water partition coefficient (Wildman–Crippen LogP) is 6.42. The average molecular weight is 411 g/mol. The van der Waals surface area contributed by atoms with Crippen molar-refractivity contribution in [1.29, 1.82) is 5.26 Å². The lowest BCUT2D eigenvalue weighted by Gasteiger charge is -2.37. The normalized spacial score (nSPS) is 21.8. The van der Waals surface area contributed by atoms with Crippen LogP contribution < -0.4 is 10.1 Å². The standard InChI is InChI=1S/C28H30N2O/c1-21(22-11-13-24(14-12-22)23-7-4-3-5-8-23)30-26-15-17-28(20-29,18-16-26)25-9-6-10-27(19-25)31-2/h3-14,19,21,26,30H,15-18H2,1-2H3/t21?,26-,28-. The Morgan fingerprint density at radius 3 is 2.26 bits per heavy atom. The van der Waals surface area contributed by atoms with E-state index in [9.17, 15) is 5.26 Å². The topological polar surface area (TPSA) is 45.0 Å². The molecular weight excluding hydrogens is 380 g/mol. The van der Waals surface area contributed by atoms with E-state index in [0.29, 0.717) is 6.04 Å². The van der Waals surface area contributed by atoms with Crippen LogP contribution in [0.2, 0.25) is 0 Å². The van der Waals surface area contributed by atoms with Gasteiger partial charge in [0.05, 0.1) is 18.6 Å². The van der Waals surface area contributed by atoms with E-state index in [1.54, 1.807) is 7.11 Å². The van der Waals surface area contributed by atoms with Crippen LogP contribution in [0.4, 0.5) is 0 Å². The number of ether oxygens (including phenoxy) is 1. The molecule has 0 spiro atoms. The van der Waals surface area contributed by atoms with E-state index in [4.69, 9.17) is 4.74 Å². The van der Waals surface area contributed by atoms with Crippen molar-refractivity contribution in [2.24, 2.45) is 0 Å². The van der Waals surface area contributed by atoms with Crippen molar-refractivity contribution in [2.45, 2.75) is 50.1 Å². The molecule has 3 nitrogen and oxygen atoms in total. The fourth-order valence-corrected chi connectivity index (χ4v) is 4.71. The maximum atomic E-state index is 10.0. The summed E-state index contributed by atoms with van der Waals surface area (Å²) >= 11 is 0. The van der Waals surface area contributed by atoms with Crippen molar-refractivity contribution in [2.75, 3.05) is 7.11 Å². The molecule has 0 heterocycles. The Bertz CT molecular complexity index is 1030. The van der Waals surface area contributed by atoms with Crippen molar-refractivity contribution in [3.05, 3.63) is 90.0 Å². The Balaban J connectivity index is 1.38. The van der Waals surface area contributed by atoms with Gasteiger partial charge < -0.3 is 10.1 Å². The predicted molar refractivity (Wildman–Crippen MR) is 126 cm³/mol. The second kappa shape index (κ2) is 9.37. The summed E-state index contributed by atoms with van der Waals surface area (Å²) in [6.07, 6.45) is 3.73. The highest BCUT2D eigenvalue weighted by atomic mass is 16.5. The summed E-state index contributed by atoms with van der Waals surface area (Å²) in [5.74, 6) is 0.819. The lowest BCUT2D eigenvalue weighted by atomic mass is 9.69. The molecule has 0 amide bonds. The number of nitrogens with zero attached hydrogens (tertiary/aromatic N) is 1. The van der Waals surface area contributed by atoms with Crippen LogP contribution in [0.5, 0.6) is 5.75 Å². The lowest BCUT2D eigenvalue weighted by Crippen LogP contribution is -2.40. The monoisotopic (exact) mass is 410 g/mol. The van der Waals surface area contributed by atoms with Crippen molar-refractivity contribution in [3.8, 4) is 22.9 Å². The minimum atomic E-state index is -0.409. The van der Waals surface area contributed by atoms with Crippen molar-refractivity contribution in [1.82, 2.24) is 5.32 Å². The number of hydrogen-bond donors (Lipinski definition) is 1. The second-order valence-electron chi connectivity index (χ2n) is 8.58. The molecule has 1 N–H and O–H groups in total. The van der Waals surface area contributed by atoms with E-state index < -0.39 is 5.41 Å². The third kappa shape index (κ3) is 4.65. The van der Waals surface area contributed by atoms with E-state index in [2.05, 4.69) is 72.9 Å². The van der Waals surface area contributed by atoms with Gasteiger partial charge in [-0.15, -0.1) is 0 Å². The third-order valence-corrected chi connectivity index (χ3v) is 6.68. The molecule has 3 aromatic rings. The number of nitriles is 1. The van der Waals surface area contributed by atoms with Crippen LogP contribution in [0.3, 0.4) is 0 Å². The highest BCUT2D eigenvalue weighted by Gasteiger charge is 2.37. The van der Waals surface area contributed by atoms with E-state index >= 15 is 0 Å². The van der Waals surface area contributed by atoms with Gasteiger partial charge in [-0.25, -0.2) is 0 Å². The van der Waals surface area contributed by atoms with Crippen molar-refractivity contribution < 1.29 is 4.74 Å². The molecule has 1 aliphatic rings. The first-order chi connectivity index (χ1) is 15.1. The first kappa shape index (κ1) is 21.2. The summed E-state index contributed by atoms with van der Waals surface area (Å²) in [5.41, 5.74) is 4.45. The molecule has 4 rings (SSSR count). The Morgan fingerprint density at radius 1 is 0.935 bits per heavy atom. The van der Waals surface area contributed by atoms with Gasteiger partial charge in [0.1, 0.15) is 5.75 Å². The van der Waals surface area contributed by atoms with Gasteiger partial charge in [0.15, 0.2) is 0 Å². The second-order valence-corrected chi connectivity index (χ2v) is 8.58. The van der Waals surface area contributed by atoms with E-state index in [1.165, 1.54) is 16.7 Å². The van der Waals surface area contributed by atoms with Crippen molar-refractivity contribution >= 4 is 0 Å². The highest BCUT2D eigenvalue weighted by molar-refractivity contribution is 5.63. The number of benzene rings is 3. The molecule has 3 aromatic carbocycles. The Kier molecular flexibility index (Phi) is 6.39. The molecule has 1 atom stereocenters. The summed E-state index contributed by atoms with van der Waals surface area (Å²) in [5, 5.41) is 13.8. The van der Waals surface area contributed by atoms with Crippen LogP contribution in [0.25, 0.3) is 11.1 Å². The highest BCUT2D eigenvalue weighted by Crippen LogP contribution is 2.40. The van der Waals surface area contributed by atoms with Crippen LogP contribution >= 0.6 is 0 Å². The number of nitrogens with one attached hydrogen (secondary N) is 1. The zero-order chi connectivity index (χ0) is 21.7. The number of hydrogen-bond acceptors (Lipinski definition) is 3. The maximum absolute atomic E-state index is 10.0. The van der Waals surface area contributed by atoms with Crippen molar-refractivity contribution in [3.63, 3.8) is 0 Å². The molecule has 0 saturated heterocycles. The molecule has 1 saturated carbocycles. The van der Waals surface area contributed by atoms with Gasteiger partial charge >= 0.3 is 0 Å². The molecule has 3 heteroatoms. The molecule has 0 radical (unpaired) electrons. The minimum Gasteiger partial charge on any atom is -0.497 e. The van der Waals surface area contributed by atoms with Gasteiger partial charge in [-0.2, -0.15) is 5.26 Å². The van der Waals surface area contributed by atoms with Gasteiger partial charge in [0.2, 0.25) is 0 Å². The molecule has 0 aromatic heterocycles. The summed E-state index contributed by atoms with van der Waals surface area (Å²) in [6.45, 7) is 2.23. The number of methoxy groups -OCH3 is 1. The van der Waals surface area contributed by atoms with E-state index in [1.807, 2.05) is 24.3 Å². The smallest absolute Gasteiger partial charge is 0.119 e. The van der Waals surface area contributed by atoms with Gasteiger partial charge in [-0.05, 0) is 67.0 Å². The molecule has 1 unspecified atom stereocenters. The van der Waals surface area contributed by atoms with E-state index in [-0.39, 0.29) is 6.04 Å². The fraction of sp³-hybridized carbons (Fsp3) is 0.321. The zero-order valence-electron chi connectivity index (χ0n) is 18.3. The molecule has 158 valence electrons. The van der Waals surface area contributed by atoms with Crippen LogP contribution in [-0.4, -0.2) is 13.2 Å². The van der Waals surface area contributed by atoms with Gasteiger partial charge in [0, 0.05) is 12.1 Å². The summed E-state index contributed by atoms with van der Waals surface area (Å²) in [6, 6.07) is 30.7. The summed E-state index contributed by atoms with van der Waals surface area (Å²) < 4.78 is 5.37. The quantitative estimate of drug-likeness (QED) is 0.510. The Morgan fingerprint density at radius 2 is 1.61 bits per heavy atom. The number of rotatable bonds is 6. The fourth-order valence-electron chi connectivity index (χ4n) is 4.71. The molecule has 1 fully saturated rings. The lowest BCUT2D eigenvalue weighted by molar-refractivity contribution is 0.280. The summed E-state index contributed by atoms with van der Waals surface area (Å²) in [7, 11) is 1.67. The first-order valence-corrected chi connectivity index (χ1v) is 11.1. The minimum absolute atomic E-state index is 0.279. The molecular formula is C28H30N2O. The van der Waals surface area contributed by atoms with Crippen LogP contribution in [-0.2, 0) is 5.41 Å². The third-order valence-electron chi connectivity index (χ3n) is 6.68. The molecule has 0 bridgehead atoms. The first-order valence-electron chi connectivity index (χ1n) is 11.1. The van der Waals surface area contributed by atoms with E-state index in [0.717, 1.165) is 37.0 Å². The molecule has 0 aliphatic heterocycles. The largest absolute Gasteiger partial charge is 0.497 e. The SMILES string of the molecule is COc1cccc([C@]2(C#N)CC[C@@H](NC(C)c3ccc(-c4ccccc4)cc3)CC2)c1. The zero-order valence-corrected chi connectivity index (χ0v) is 18.3.